The van der Waals surface area contributed by atoms with Crippen molar-refractivity contribution in [3.8, 4) is 11.8 Å². The number of aliphatic hydroxyl groups is 1. The molecule has 0 aliphatic carbocycles. The van der Waals surface area contributed by atoms with Crippen LogP contribution in [0.3, 0.4) is 0 Å². The van der Waals surface area contributed by atoms with Gasteiger partial charge in [-0.2, -0.15) is 4.98 Å². The molecule has 2 aromatic rings. The van der Waals surface area contributed by atoms with Crippen LogP contribution in [-0.2, 0) is 11.3 Å². The lowest BCUT2D eigenvalue weighted by molar-refractivity contribution is 0.0519. The molecule has 100 valence electrons. The number of ether oxygens (including phenoxy) is 2. The quantitative estimate of drug-likeness (QED) is 0.832. The standard InChI is InChI=1S/C13H13NO5/c1-2-17-12(16)11-8-18-13(14-11)19-10-5-3-9(7-15)4-6-10/h3-6,8,15H,2,7H2,1H3. The molecule has 1 N–H and O–H groups in total. The molecular formula is C13H13NO5. The number of hydrogen-bond donors (Lipinski definition) is 1. The van der Waals surface area contributed by atoms with E-state index in [4.69, 9.17) is 19.0 Å². The van der Waals surface area contributed by atoms with Crippen LogP contribution in [0.2, 0.25) is 0 Å². The maximum atomic E-state index is 11.4. The van der Waals surface area contributed by atoms with Gasteiger partial charge in [0.25, 0.3) is 0 Å². The SMILES string of the molecule is CCOC(=O)c1coc(Oc2ccc(CO)cc2)n1. The first-order valence-electron chi connectivity index (χ1n) is 5.73. The molecule has 1 aromatic carbocycles. The summed E-state index contributed by atoms with van der Waals surface area (Å²) in [4.78, 5) is 15.2. The van der Waals surface area contributed by atoms with Gasteiger partial charge in [-0.1, -0.05) is 12.1 Å². The number of oxazole rings is 1. The van der Waals surface area contributed by atoms with E-state index in [0.29, 0.717) is 5.75 Å². The van der Waals surface area contributed by atoms with Gasteiger partial charge in [0.2, 0.25) is 0 Å². The normalized spacial score (nSPS) is 10.2. The van der Waals surface area contributed by atoms with Gasteiger partial charge in [0.1, 0.15) is 12.0 Å². The van der Waals surface area contributed by atoms with Crippen LogP contribution in [0, 0.1) is 0 Å². The van der Waals surface area contributed by atoms with Gasteiger partial charge in [-0.15, -0.1) is 0 Å². The Bertz CT molecular complexity index is 546. The number of rotatable bonds is 5. The van der Waals surface area contributed by atoms with E-state index in [1.165, 1.54) is 6.26 Å². The Morgan fingerprint density at radius 3 is 2.74 bits per heavy atom. The van der Waals surface area contributed by atoms with Crippen molar-refractivity contribution in [1.82, 2.24) is 4.98 Å². The minimum Gasteiger partial charge on any atom is -0.461 e. The highest BCUT2D eigenvalue weighted by atomic mass is 16.6. The number of benzene rings is 1. The fourth-order valence-corrected chi connectivity index (χ4v) is 1.37. The Hall–Kier alpha value is -2.34. The third-order valence-electron chi connectivity index (χ3n) is 2.28. The Morgan fingerprint density at radius 2 is 2.11 bits per heavy atom. The molecule has 0 saturated heterocycles. The Morgan fingerprint density at radius 1 is 1.37 bits per heavy atom. The highest BCUT2D eigenvalue weighted by molar-refractivity contribution is 5.86. The number of aliphatic hydroxyl groups excluding tert-OH is 1. The first-order valence-corrected chi connectivity index (χ1v) is 5.73. The fraction of sp³-hybridized carbons (Fsp3) is 0.231. The fourth-order valence-electron chi connectivity index (χ4n) is 1.37. The van der Waals surface area contributed by atoms with E-state index < -0.39 is 5.97 Å². The van der Waals surface area contributed by atoms with Crippen molar-refractivity contribution in [3.63, 3.8) is 0 Å². The minimum absolute atomic E-state index is 0.0354. The maximum Gasteiger partial charge on any atom is 0.399 e. The van der Waals surface area contributed by atoms with Gasteiger partial charge >= 0.3 is 12.0 Å². The van der Waals surface area contributed by atoms with E-state index in [1.54, 1.807) is 31.2 Å². The van der Waals surface area contributed by atoms with Crippen LogP contribution < -0.4 is 4.74 Å². The van der Waals surface area contributed by atoms with Crippen LogP contribution in [0.5, 0.6) is 11.8 Å². The predicted molar refractivity (Wildman–Crippen MR) is 64.9 cm³/mol. The van der Waals surface area contributed by atoms with Crippen LogP contribution in [-0.4, -0.2) is 22.7 Å². The zero-order valence-electron chi connectivity index (χ0n) is 10.3. The van der Waals surface area contributed by atoms with Crippen LogP contribution in [0.1, 0.15) is 23.0 Å². The van der Waals surface area contributed by atoms with Gasteiger partial charge in [0.15, 0.2) is 5.69 Å². The number of carbonyl (C=O) groups is 1. The second-order valence-corrected chi connectivity index (χ2v) is 3.62. The molecule has 0 saturated carbocycles. The monoisotopic (exact) mass is 263 g/mol. The number of aromatic nitrogens is 1. The zero-order chi connectivity index (χ0) is 13.7. The molecular weight excluding hydrogens is 250 g/mol. The number of hydrogen-bond acceptors (Lipinski definition) is 6. The van der Waals surface area contributed by atoms with Crippen molar-refractivity contribution in [2.75, 3.05) is 6.61 Å². The van der Waals surface area contributed by atoms with Crippen LogP contribution >= 0.6 is 0 Å². The molecule has 0 aliphatic heterocycles. The van der Waals surface area contributed by atoms with E-state index in [2.05, 4.69) is 4.98 Å². The van der Waals surface area contributed by atoms with Gasteiger partial charge in [-0.25, -0.2) is 4.79 Å². The summed E-state index contributed by atoms with van der Waals surface area (Å²) >= 11 is 0. The summed E-state index contributed by atoms with van der Waals surface area (Å²) < 4.78 is 15.1. The molecule has 0 aliphatic rings. The van der Waals surface area contributed by atoms with Gasteiger partial charge < -0.3 is 19.0 Å². The van der Waals surface area contributed by atoms with Crippen LogP contribution in [0.15, 0.2) is 34.9 Å². The summed E-state index contributed by atoms with van der Waals surface area (Å²) in [6.45, 7) is 1.94. The second kappa shape index (κ2) is 6.01. The molecule has 0 spiro atoms. The summed E-state index contributed by atoms with van der Waals surface area (Å²) in [5.41, 5.74) is 0.829. The molecule has 0 radical (unpaired) electrons. The summed E-state index contributed by atoms with van der Waals surface area (Å²) in [5.74, 6) is -0.0637. The van der Waals surface area contributed by atoms with Gasteiger partial charge in [-0.3, -0.25) is 0 Å². The molecule has 0 unspecified atom stereocenters. The van der Waals surface area contributed by atoms with Crippen LogP contribution in [0.25, 0.3) is 0 Å². The highest BCUT2D eigenvalue weighted by Gasteiger charge is 2.14. The molecule has 2 rings (SSSR count). The third-order valence-corrected chi connectivity index (χ3v) is 2.28. The Kier molecular flexibility index (Phi) is 4.15. The van der Waals surface area contributed by atoms with Crippen molar-refractivity contribution in [1.29, 1.82) is 0 Å². The zero-order valence-corrected chi connectivity index (χ0v) is 10.3. The van der Waals surface area contributed by atoms with Gasteiger partial charge in [0.05, 0.1) is 13.2 Å². The average Bonchev–Trinajstić information content (AvgIpc) is 2.88. The molecule has 0 amide bonds. The number of nitrogens with zero attached hydrogens (tertiary/aromatic N) is 1. The smallest absolute Gasteiger partial charge is 0.399 e. The van der Waals surface area contributed by atoms with Gasteiger partial charge in [-0.05, 0) is 24.6 Å². The maximum absolute atomic E-state index is 11.4. The Balaban J connectivity index is 2.04. The summed E-state index contributed by atoms with van der Waals surface area (Å²) in [5, 5.41) is 8.91. The summed E-state index contributed by atoms with van der Waals surface area (Å²) in [7, 11) is 0. The van der Waals surface area contributed by atoms with Gasteiger partial charge in [0, 0.05) is 0 Å². The highest BCUT2D eigenvalue weighted by Crippen LogP contribution is 2.21. The van der Waals surface area contributed by atoms with E-state index in [9.17, 15) is 4.79 Å². The Labute approximate surface area is 109 Å². The molecule has 0 bridgehead atoms. The average molecular weight is 263 g/mol. The van der Waals surface area contributed by atoms with E-state index in [-0.39, 0.29) is 25.0 Å². The molecule has 6 heteroatoms. The van der Waals surface area contributed by atoms with Crippen molar-refractivity contribution < 1.29 is 23.8 Å². The lowest BCUT2D eigenvalue weighted by atomic mass is 10.2. The molecule has 6 nitrogen and oxygen atoms in total. The van der Waals surface area contributed by atoms with E-state index >= 15 is 0 Å². The topological polar surface area (TPSA) is 81.8 Å². The first-order chi connectivity index (χ1) is 9.22. The summed E-state index contributed by atoms with van der Waals surface area (Å²) in [6, 6.07) is 6.76. The van der Waals surface area contributed by atoms with Crippen molar-refractivity contribution >= 4 is 5.97 Å². The van der Waals surface area contributed by atoms with E-state index in [1.807, 2.05) is 0 Å². The molecule has 1 heterocycles. The van der Waals surface area contributed by atoms with Crippen molar-refractivity contribution in [2.24, 2.45) is 0 Å². The molecule has 0 atom stereocenters. The molecule has 19 heavy (non-hydrogen) atoms. The van der Waals surface area contributed by atoms with Crippen molar-refractivity contribution in [3.05, 3.63) is 41.8 Å². The molecule has 1 aromatic heterocycles. The third kappa shape index (κ3) is 3.32. The lowest BCUT2D eigenvalue weighted by Gasteiger charge is -2.01. The predicted octanol–water partition coefficient (Wildman–Crippen LogP) is 2.14. The minimum atomic E-state index is -0.559. The largest absolute Gasteiger partial charge is 0.461 e. The summed E-state index contributed by atoms with van der Waals surface area (Å²) in [6.07, 6.45) is 1.13. The van der Waals surface area contributed by atoms with Crippen molar-refractivity contribution in [2.45, 2.75) is 13.5 Å². The number of carbonyl (C=O) groups excluding carboxylic acids is 1. The second-order valence-electron chi connectivity index (χ2n) is 3.62. The molecule has 0 fully saturated rings. The van der Waals surface area contributed by atoms with E-state index in [0.717, 1.165) is 5.56 Å². The first kappa shape index (κ1) is 13.1. The van der Waals surface area contributed by atoms with Crippen LogP contribution in [0.4, 0.5) is 0 Å². The lowest BCUT2D eigenvalue weighted by Crippen LogP contribution is -2.04. The number of esters is 1.